The van der Waals surface area contributed by atoms with Crippen molar-refractivity contribution >= 4 is 22.5 Å². The number of carbonyl (C=O) groups is 1. The van der Waals surface area contributed by atoms with Crippen LogP contribution in [0.1, 0.15) is 24.0 Å². The number of aromatic nitrogens is 1. The molecule has 1 aromatic heterocycles. The van der Waals surface area contributed by atoms with Gasteiger partial charge in [-0.05, 0) is 50.2 Å². The summed E-state index contributed by atoms with van der Waals surface area (Å²) >= 11 is 0. The fourth-order valence-corrected chi connectivity index (χ4v) is 3.11. The number of aromatic amines is 1. The molecule has 0 radical (unpaired) electrons. The fourth-order valence-electron chi connectivity index (χ4n) is 3.11. The van der Waals surface area contributed by atoms with Gasteiger partial charge in [-0.25, -0.2) is 0 Å². The summed E-state index contributed by atoms with van der Waals surface area (Å²) in [5.41, 5.74) is 4.47. The van der Waals surface area contributed by atoms with Crippen LogP contribution < -0.4 is 5.32 Å². The molecule has 0 atom stereocenters. The Morgan fingerprint density at radius 3 is 2.64 bits per heavy atom. The first kappa shape index (κ1) is 17.2. The maximum absolute atomic E-state index is 12.3. The average molecular weight is 335 g/mol. The lowest BCUT2D eigenvalue weighted by Crippen LogP contribution is -2.16. The molecule has 4 nitrogen and oxygen atoms in total. The van der Waals surface area contributed by atoms with E-state index >= 15 is 0 Å². The van der Waals surface area contributed by atoms with E-state index < -0.39 is 0 Å². The molecule has 3 rings (SSSR count). The fraction of sp³-hybridized carbons (Fsp3) is 0.286. The van der Waals surface area contributed by atoms with E-state index in [9.17, 15) is 4.79 Å². The lowest BCUT2D eigenvalue weighted by atomic mass is 10.1. The molecule has 1 amide bonds. The van der Waals surface area contributed by atoms with Crippen LogP contribution in [0.3, 0.4) is 0 Å². The summed E-state index contributed by atoms with van der Waals surface area (Å²) < 4.78 is 0. The van der Waals surface area contributed by atoms with Gasteiger partial charge in [0.1, 0.15) is 0 Å². The Morgan fingerprint density at radius 2 is 1.80 bits per heavy atom. The number of nitrogens with one attached hydrogen (secondary N) is 2. The summed E-state index contributed by atoms with van der Waals surface area (Å²) in [5.74, 6) is 0.0750. The number of benzene rings is 2. The molecule has 0 aliphatic rings. The summed E-state index contributed by atoms with van der Waals surface area (Å²) in [6, 6.07) is 16.3. The third-order valence-electron chi connectivity index (χ3n) is 4.30. The Balaban J connectivity index is 1.55. The van der Waals surface area contributed by atoms with Crippen LogP contribution in [0.2, 0.25) is 0 Å². The van der Waals surface area contributed by atoms with Crippen molar-refractivity contribution in [2.75, 3.05) is 19.4 Å². The number of para-hydroxylation sites is 2. The maximum Gasteiger partial charge on any atom is 0.224 e. The molecule has 130 valence electrons. The van der Waals surface area contributed by atoms with Crippen LogP contribution >= 0.6 is 0 Å². The lowest BCUT2D eigenvalue weighted by Gasteiger charge is -2.14. The molecule has 0 aliphatic heterocycles. The molecule has 0 saturated heterocycles. The molecule has 1 heterocycles. The van der Waals surface area contributed by atoms with Gasteiger partial charge in [0.15, 0.2) is 0 Å². The number of amides is 1. The molecular formula is C21H25N3O. The molecule has 0 fully saturated rings. The Labute approximate surface area is 148 Å². The zero-order valence-corrected chi connectivity index (χ0v) is 14.9. The van der Waals surface area contributed by atoms with E-state index in [-0.39, 0.29) is 5.91 Å². The molecule has 0 aliphatic carbocycles. The van der Waals surface area contributed by atoms with Crippen molar-refractivity contribution in [2.24, 2.45) is 0 Å². The van der Waals surface area contributed by atoms with Crippen molar-refractivity contribution in [2.45, 2.75) is 25.8 Å². The van der Waals surface area contributed by atoms with Gasteiger partial charge in [0.2, 0.25) is 5.91 Å². The first-order valence-electron chi connectivity index (χ1n) is 8.71. The molecular weight excluding hydrogens is 310 g/mol. The van der Waals surface area contributed by atoms with Crippen LogP contribution in [-0.2, 0) is 17.8 Å². The molecule has 25 heavy (non-hydrogen) atoms. The van der Waals surface area contributed by atoms with Gasteiger partial charge < -0.3 is 15.2 Å². The van der Waals surface area contributed by atoms with Crippen molar-refractivity contribution in [3.8, 4) is 0 Å². The smallest absolute Gasteiger partial charge is 0.224 e. The minimum Gasteiger partial charge on any atom is -0.361 e. The van der Waals surface area contributed by atoms with E-state index in [0.29, 0.717) is 6.42 Å². The maximum atomic E-state index is 12.3. The van der Waals surface area contributed by atoms with E-state index in [0.717, 1.165) is 36.2 Å². The number of hydrogen-bond donors (Lipinski definition) is 2. The minimum atomic E-state index is 0.0750. The Morgan fingerprint density at radius 1 is 1.04 bits per heavy atom. The first-order chi connectivity index (χ1) is 12.1. The van der Waals surface area contributed by atoms with E-state index in [2.05, 4.69) is 39.6 Å². The summed E-state index contributed by atoms with van der Waals surface area (Å²) in [7, 11) is 4.06. The van der Waals surface area contributed by atoms with Crippen LogP contribution in [0, 0.1) is 0 Å². The monoisotopic (exact) mass is 335 g/mol. The molecule has 2 aromatic carbocycles. The van der Waals surface area contributed by atoms with E-state index in [1.54, 1.807) is 0 Å². The third-order valence-corrected chi connectivity index (χ3v) is 4.30. The van der Waals surface area contributed by atoms with Crippen LogP contribution in [0.4, 0.5) is 5.69 Å². The van der Waals surface area contributed by atoms with Crippen LogP contribution in [0.25, 0.3) is 10.9 Å². The quantitative estimate of drug-likeness (QED) is 0.680. The van der Waals surface area contributed by atoms with E-state index in [1.165, 1.54) is 10.9 Å². The highest BCUT2D eigenvalue weighted by atomic mass is 16.1. The summed E-state index contributed by atoms with van der Waals surface area (Å²) in [4.78, 5) is 17.7. The van der Waals surface area contributed by atoms with Crippen molar-refractivity contribution in [3.63, 3.8) is 0 Å². The van der Waals surface area contributed by atoms with Crippen LogP contribution in [0.15, 0.2) is 54.7 Å². The van der Waals surface area contributed by atoms with Gasteiger partial charge in [-0.1, -0.05) is 36.4 Å². The molecule has 0 saturated carbocycles. The number of hydrogen-bond acceptors (Lipinski definition) is 2. The predicted octanol–water partition coefficient (Wildman–Crippen LogP) is 4.19. The predicted molar refractivity (Wildman–Crippen MR) is 104 cm³/mol. The molecule has 2 N–H and O–H groups in total. The van der Waals surface area contributed by atoms with Gasteiger partial charge in [-0.3, -0.25) is 4.79 Å². The zero-order chi connectivity index (χ0) is 17.6. The van der Waals surface area contributed by atoms with Gasteiger partial charge >= 0.3 is 0 Å². The van der Waals surface area contributed by atoms with Crippen LogP contribution in [0.5, 0.6) is 0 Å². The van der Waals surface area contributed by atoms with Gasteiger partial charge in [0.05, 0.1) is 0 Å². The van der Waals surface area contributed by atoms with Crippen LogP contribution in [-0.4, -0.2) is 29.9 Å². The second kappa shape index (κ2) is 7.99. The van der Waals surface area contributed by atoms with Crippen molar-refractivity contribution < 1.29 is 4.79 Å². The highest BCUT2D eigenvalue weighted by Crippen LogP contribution is 2.20. The second-order valence-corrected chi connectivity index (χ2v) is 6.66. The summed E-state index contributed by atoms with van der Waals surface area (Å²) in [6.45, 7) is 0.811. The van der Waals surface area contributed by atoms with Gasteiger partial charge in [-0.15, -0.1) is 0 Å². The summed E-state index contributed by atoms with van der Waals surface area (Å²) in [5, 5.41) is 4.31. The SMILES string of the molecule is CN(C)Cc1ccccc1NC(=O)CCCc1c[nH]c2ccccc12. The van der Waals surface area contributed by atoms with Gasteiger partial charge in [0.25, 0.3) is 0 Å². The molecule has 0 bridgehead atoms. The van der Waals surface area contributed by atoms with E-state index in [4.69, 9.17) is 0 Å². The van der Waals surface area contributed by atoms with Gasteiger partial charge in [0, 0.05) is 35.8 Å². The number of nitrogens with zero attached hydrogens (tertiary/aromatic N) is 1. The average Bonchev–Trinajstić information content (AvgIpc) is 3.00. The highest BCUT2D eigenvalue weighted by Gasteiger charge is 2.08. The first-order valence-corrected chi connectivity index (χ1v) is 8.71. The van der Waals surface area contributed by atoms with Crippen molar-refractivity contribution in [1.82, 2.24) is 9.88 Å². The van der Waals surface area contributed by atoms with Crippen molar-refractivity contribution in [1.29, 1.82) is 0 Å². The minimum absolute atomic E-state index is 0.0750. The standard InChI is InChI=1S/C21H25N3O/c1-24(2)15-17-8-3-5-11-19(17)23-21(25)13-7-9-16-14-22-20-12-6-4-10-18(16)20/h3-6,8,10-12,14,22H,7,9,13,15H2,1-2H3,(H,23,25). The summed E-state index contributed by atoms with van der Waals surface area (Å²) in [6.07, 6.45) is 4.31. The Bertz CT molecular complexity index is 851. The largest absolute Gasteiger partial charge is 0.361 e. The normalized spacial score (nSPS) is 11.2. The number of anilines is 1. The number of H-pyrrole nitrogens is 1. The van der Waals surface area contributed by atoms with Gasteiger partial charge in [-0.2, -0.15) is 0 Å². The Hall–Kier alpha value is -2.59. The zero-order valence-electron chi connectivity index (χ0n) is 14.9. The number of fused-ring (bicyclic) bond motifs is 1. The van der Waals surface area contributed by atoms with E-state index in [1.807, 2.05) is 44.4 Å². The lowest BCUT2D eigenvalue weighted by molar-refractivity contribution is -0.116. The molecule has 3 aromatic rings. The second-order valence-electron chi connectivity index (χ2n) is 6.66. The number of rotatable bonds is 7. The topological polar surface area (TPSA) is 48.1 Å². The number of aryl methyl sites for hydroxylation is 1. The third kappa shape index (κ3) is 4.48. The highest BCUT2D eigenvalue weighted by molar-refractivity contribution is 5.91. The molecule has 4 heteroatoms. The van der Waals surface area contributed by atoms with Crippen molar-refractivity contribution in [3.05, 3.63) is 65.9 Å². The Kier molecular flexibility index (Phi) is 5.51. The molecule has 0 spiro atoms. The molecule has 0 unspecified atom stereocenters. The number of carbonyl (C=O) groups excluding carboxylic acids is 1.